The Morgan fingerprint density at radius 3 is 1.50 bits per heavy atom. The molecule has 0 aliphatic heterocycles. The standard InChI is InChI=1S/C50H34N2/c1-3-13-35(14-4-1)36-23-27-41(28-24-36)51(40-17-5-2-6-18-40)43-31-32-49-47(34-43)46-21-11-12-22-48(46)52(49)42-29-25-37(26-30-42)50-44-19-9-7-15-38(44)33-39-16-8-10-20-45(39)50/h1-34H. The molecular weight excluding hydrogens is 629 g/mol. The van der Waals surface area contributed by atoms with Crippen molar-refractivity contribution >= 4 is 60.4 Å². The van der Waals surface area contributed by atoms with E-state index in [1.165, 1.54) is 65.6 Å². The molecule has 244 valence electrons. The Bertz CT molecular complexity index is 2810. The van der Waals surface area contributed by atoms with Crippen molar-refractivity contribution in [2.75, 3.05) is 4.90 Å². The third kappa shape index (κ3) is 5.04. The van der Waals surface area contributed by atoms with Gasteiger partial charge in [0.25, 0.3) is 0 Å². The van der Waals surface area contributed by atoms with Crippen molar-refractivity contribution in [1.82, 2.24) is 4.57 Å². The Hall–Kier alpha value is -6.90. The van der Waals surface area contributed by atoms with Gasteiger partial charge in [0, 0.05) is 33.5 Å². The molecule has 0 aliphatic rings. The van der Waals surface area contributed by atoms with E-state index in [0.717, 1.165) is 22.7 Å². The second-order valence-electron chi connectivity index (χ2n) is 13.4. The van der Waals surface area contributed by atoms with Crippen LogP contribution in [0.4, 0.5) is 17.1 Å². The van der Waals surface area contributed by atoms with Crippen molar-refractivity contribution in [2.45, 2.75) is 0 Å². The predicted octanol–water partition coefficient (Wildman–Crippen LogP) is 13.9. The largest absolute Gasteiger partial charge is 0.310 e. The Balaban J connectivity index is 1.10. The van der Waals surface area contributed by atoms with E-state index in [4.69, 9.17) is 0 Å². The van der Waals surface area contributed by atoms with Crippen molar-refractivity contribution in [3.8, 4) is 27.9 Å². The topological polar surface area (TPSA) is 8.17 Å². The molecule has 1 aromatic heterocycles. The maximum atomic E-state index is 2.40. The molecule has 0 saturated carbocycles. The summed E-state index contributed by atoms with van der Waals surface area (Å²) in [6.45, 7) is 0. The number of rotatable bonds is 6. The summed E-state index contributed by atoms with van der Waals surface area (Å²) in [6, 6.07) is 74.6. The van der Waals surface area contributed by atoms with E-state index in [9.17, 15) is 0 Å². The van der Waals surface area contributed by atoms with Crippen molar-refractivity contribution in [3.63, 3.8) is 0 Å². The summed E-state index contributed by atoms with van der Waals surface area (Å²) in [5, 5.41) is 7.52. The Labute approximate surface area is 303 Å². The molecule has 0 unspecified atom stereocenters. The fourth-order valence-electron chi connectivity index (χ4n) is 7.94. The second-order valence-corrected chi connectivity index (χ2v) is 13.4. The minimum atomic E-state index is 1.12. The summed E-state index contributed by atoms with van der Waals surface area (Å²) in [4.78, 5) is 2.35. The molecule has 2 heteroatoms. The third-order valence-electron chi connectivity index (χ3n) is 10.3. The molecular formula is C50H34N2. The van der Waals surface area contributed by atoms with Gasteiger partial charge < -0.3 is 9.47 Å². The lowest BCUT2D eigenvalue weighted by molar-refractivity contribution is 1.18. The van der Waals surface area contributed by atoms with E-state index in [1.807, 2.05) is 0 Å². The summed E-state index contributed by atoms with van der Waals surface area (Å²) >= 11 is 0. The van der Waals surface area contributed by atoms with Gasteiger partial charge in [-0.3, -0.25) is 0 Å². The summed E-state index contributed by atoms with van der Waals surface area (Å²) in [7, 11) is 0. The van der Waals surface area contributed by atoms with Gasteiger partial charge in [-0.2, -0.15) is 0 Å². The highest BCUT2D eigenvalue weighted by atomic mass is 15.1. The van der Waals surface area contributed by atoms with E-state index in [2.05, 4.69) is 216 Å². The smallest absolute Gasteiger partial charge is 0.0542 e. The molecule has 0 amide bonds. The molecule has 10 rings (SSSR count). The molecule has 2 nitrogen and oxygen atoms in total. The van der Waals surface area contributed by atoms with Gasteiger partial charge in [-0.1, -0.05) is 140 Å². The average Bonchev–Trinajstić information content (AvgIpc) is 3.55. The third-order valence-corrected chi connectivity index (χ3v) is 10.3. The highest BCUT2D eigenvalue weighted by Crippen LogP contribution is 2.41. The van der Waals surface area contributed by atoms with Crippen LogP contribution >= 0.6 is 0 Å². The predicted molar refractivity (Wildman–Crippen MR) is 221 cm³/mol. The zero-order valence-corrected chi connectivity index (χ0v) is 28.5. The van der Waals surface area contributed by atoms with Crippen LogP contribution in [0.25, 0.3) is 71.3 Å². The van der Waals surface area contributed by atoms with Crippen LogP contribution in [0.5, 0.6) is 0 Å². The zero-order valence-electron chi connectivity index (χ0n) is 28.5. The molecule has 0 saturated heterocycles. The highest BCUT2D eigenvalue weighted by molar-refractivity contribution is 6.13. The van der Waals surface area contributed by atoms with Crippen LogP contribution in [0.15, 0.2) is 206 Å². The number of hydrogen-bond acceptors (Lipinski definition) is 1. The van der Waals surface area contributed by atoms with Gasteiger partial charge in [0.2, 0.25) is 0 Å². The van der Waals surface area contributed by atoms with Crippen molar-refractivity contribution < 1.29 is 0 Å². The van der Waals surface area contributed by atoms with Gasteiger partial charge in [-0.15, -0.1) is 0 Å². The molecule has 0 radical (unpaired) electrons. The first-order valence-electron chi connectivity index (χ1n) is 17.9. The normalized spacial score (nSPS) is 11.5. The van der Waals surface area contributed by atoms with Gasteiger partial charge in [-0.05, 0) is 111 Å². The minimum Gasteiger partial charge on any atom is -0.310 e. The Morgan fingerprint density at radius 1 is 0.308 bits per heavy atom. The summed E-state index contributed by atoms with van der Waals surface area (Å²) in [6.07, 6.45) is 0. The van der Waals surface area contributed by atoms with Crippen LogP contribution in [-0.2, 0) is 0 Å². The van der Waals surface area contributed by atoms with Gasteiger partial charge in [0.15, 0.2) is 0 Å². The van der Waals surface area contributed by atoms with Gasteiger partial charge >= 0.3 is 0 Å². The molecule has 0 spiro atoms. The molecule has 0 bridgehead atoms. The zero-order chi connectivity index (χ0) is 34.4. The van der Waals surface area contributed by atoms with E-state index in [-0.39, 0.29) is 0 Å². The van der Waals surface area contributed by atoms with Crippen molar-refractivity contribution in [3.05, 3.63) is 206 Å². The molecule has 52 heavy (non-hydrogen) atoms. The van der Waals surface area contributed by atoms with Crippen LogP contribution < -0.4 is 4.90 Å². The Kier molecular flexibility index (Phi) is 7.18. The lowest BCUT2D eigenvalue weighted by atomic mass is 9.92. The number of hydrogen-bond donors (Lipinski definition) is 0. The van der Waals surface area contributed by atoms with Crippen LogP contribution in [0.2, 0.25) is 0 Å². The first kappa shape index (κ1) is 30.0. The van der Waals surface area contributed by atoms with E-state index in [0.29, 0.717) is 0 Å². The minimum absolute atomic E-state index is 1.12. The SMILES string of the molecule is c1ccc(-c2ccc(N(c3ccccc3)c3ccc4c(c3)c3ccccc3n4-c3ccc(-c4c5ccccc5cc5ccccc45)cc3)cc2)cc1. The van der Waals surface area contributed by atoms with Gasteiger partial charge in [-0.25, -0.2) is 0 Å². The number of anilines is 3. The van der Waals surface area contributed by atoms with Crippen LogP contribution in [-0.4, -0.2) is 4.57 Å². The fraction of sp³-hybridized carbons (Fsp3) is 0. The average molecular weight is 663 g/mol. The maximum absolute atomic E-state index is 2.40. The number of fused-ring (bicyclic) bond motifs is 5. The number of aromatic nitrogens is 1. The van der Waals surface area contributed by atoms with Crippen molar-refractivity contribution in [2.24, 2.45) is 0 Å². The highest BCUT2D eigenvalue weighted by Gasteiger charge is 2.18. The molecule has 0 N–H and O–H groups in total. The molecule has 0 atom stereocenters. The van der Waals surface area contributed by atoms with Crippen LogP contribution in [0, 0.1) is 0 Å². The first-order valence-corrected chi connectivity index (χ1v) is 17.9. The van der Waals surface area contributed by atoms with E-state index >= 15 is 0 Å². The number of benzene rings is 9. The monoisotopic (exact) mass is 662 g/mol. The molecule has 1 heterocycles. The van der Waals surface area contributed by atoms with E-state index in [1.54, 1.807) is 0 Å². The lowest BCUT2D eigenvalue weighted by Crippen LogP contribution is -2.09. The first-order chi connectivity index (χ1) is 25.8. The van der Waals surface area contributed by atoms with Crippen molar-refractivity contribution in [1.29, 1.82) is 0 Å². The number of nitrogens with zero attached hydrogens (tertiary/aromatic N) is 2. The maximum Gasteiger partial charge on any atom is 0.0542 e. The van der Waals surface area contributed by atoms with Crippen LogP contribution in [0.3, 0.4) is 0 Å². The summed E-state index contributed by atoms with van der Waals surface area (Å²) < 4.78 is 2.40. The molecule has 0 fully saturated rings. The molecule has 10 aromatic rings. The Morgan fingerprint density at radius 2 is 0.808 bits per heavy atom. The summed E-state index contributed by atoms with van der Waals surface area (Å²) in [5.41, 5.74) is 11.8. The van der Waals surface area contributed by atoms with E-state index < -0.39 is 0 Å². The van der Waals surface area contributed by atoms with Crippen LogP contribution in [0.1, 0.15) is 0 Å². The molecule has 9 aromatic carbocycles. The quantitative estimate of drug-likeness (QED) is 0.161. The molecule has 0 aliphatic carbocycles. The fourth-order valence-corrected chi connectivity index (χ4v) is 7.94. The lowest BCUT2D eigenvalue weighted by Gasteiger charge is -2.26. The summed E-state index contributed by atoms with van der Waals surface area (Å²) in [5.74, 6) is 0. The second kappa shape index (κ2) is 12.5. The number of para-hydroxylation sites is 2. The van der Waals surface area contributed by atoms with Gasteiger partial charge in [0.1, 0.15) is 0 Å². The van der Waals surface area contributed by atoms with Gasteiger partial charge in [0.05, 0.1) is 11.0 Å².